The van der Waals surface area contributed by atoms with Crippen LogP contribution in [0.25, 0.3) is 0 Å². The molecule has 0 bridgehead atoms. The number of ketones is 1. The molecule has 0 N–H and O–H groups in total. The van der Waals surface area contributed by atoms with Gasteiger partial charge in [-0.25, -0.2) is 0 Å². The number of ether oxygens (including phenoxy) is 1. The predicted molar refractivity (Wildman–Crippen MR) is 80.2 cm³/mol. The fourth-order valence-electron chi connectivity index (χ4n) is 2.06. The third-order valence-electron chi connectivity index (χ3n) is 3.32. The lowest BCUT2D eigenvalue weighted by atomic mass is 9.77. The van der Waals surface area contributed by atoms with Gasteiger partial charge in [-0.2, -0.15) is 0 Å². The fraction of sp³-hybridized carbons (Fsp3) is 0.529. The second-order valence-electron chi connectivity index (χ2n) is 6.28. The Kier molecular flexibility index (Phi) is 5.49. The Balaban J connectivity index is 2.48. The van der Waals surface area contributed by atoms with E-state index in [0.29, 0.717) is 6.61 Å². The van der Waals surface area contributed by atoms with E-state index in [1.807, 2.05) is 39.0 Å². The van der Waals surface area contributed by atoms with Gasteiger partial charge >= 0.3 is 5.97 Å². The van der Waals surface area contributed by atoms with Crippen LogP contribution in [0, 0.1) is 10.8 Å². The van der Waals surface area contributed by atoms with Crippen molar-refractivity contribution >= 4 is 11.8 Å². The first-order valence-electron chi connectivity index (χ1n) is 7.00. The van der Waals surface area contributed by atoms with Crippen LogP contribution in [0.15, 0.2) is 37.0 Å². The van der Waals surface area contributed by atoms with Crippen LogP contribution in [0.3, 0.4) is 0 Å². The number of rotatable bonds is 6. The topological polar surface area (TPSA) is 43.4 Å². The molecule has 0 saturated carbocycles. The summed E-state index contributed by atoms with van der Waals surface area (Å²) in [5.41, 5.74) is -0.625. The third kappa shape index (κ3) is 4.80. The van der Waals surface area contributed by atoms with E-state index in [1.54, 1.807) is 12.2 Å². The summed E-state index contributed by atoms with van der Waals surface area (Å²) in [6.45, 7) is 9.70. The zero-order valence-electron chi connectivity index (χ0n) is 12.6. The van der Waals surface area contributed by atoms with Gasteiger partial charge in [-0.05, 0) is 52.2 Å². The van der Waals surface area contributed by atoms with E-state index in [2.05, 4.69) is 6.58 Å². The second-order valence-corrected chi connectivity index (χ2v) is 6.28. The normalized spacial score (nSPS) is 17.1. The van der Waals surface area contributed by atoms with Crippen molar-refractivity contribution in [2.24, 2.45) is 10.8 Å². The zero-order valence-corrected chi connectivity index (χ0v) is 12.6. The van der Waals surface area contributed by atoms with Crippen molar-refractivity contribution in [1.29, 1.82) is 0 Å². The van der Waals surface area contributed by atoms with Gasteiger partial charge in [-0.1, -0.05) is 18.2 Å². The second kappa shape index (κ2) is 6.69. The summed E-state index contributed by atoms with van der Waals surface area (Å²) < 4.78 is 5.26. The number of hydrogen-bond acceptors (Lipinski definition) is 3. The van der Waals surface area contributed by atoms with E-state index in [-0.39, 0.29) is 17.2 Å². The minimum absolute atomic E-state index is 0.0175. The van der Waals surface area contributed by atoms with Crippen molar-refractivity contribution in [3.05, 3.63) is 37.0 Å². The summed E-state index contributed by atoms with van der Waals surface area (Å²) in [6, 6.07) is 0. The number of hydrogen-bond donors (Lipinski definition) is 0. The molecule has 20 heavy (non-hydrogen) atoms. The van der Waals surface area contributed by atoms with E-state index >= 15 is 0 Å². The lowest BCUT2D eigenvalue weighted by molar-refractivity contribution is -0.153. The van der Waals surface area contributed by atoms with Crippen LogP contribution in [0.2, 0.25) is 0 Å². The molecule has 0 heterocycles. The van der Waals surface area contributed by atoms with Crippen molar-refractivity contribution < 1.29 is 14.3 Å². The van der Waals surface area contributed by atoms with Crippen molar-refractivity contribution in [3.63, 3.8) is 0 Å². The molecule has 3 heteroatoms. The molecule has 0 saturated heterocycles. The molecule has 0 atom stereocenters. The molecular formula is C17H24O3. The summed E-state index contributed by atoms with van der Waals surface area (Å²) in [5.74, 6) is -0.163. The van der Waals surface area contributed by atoms with Gasteiger partial charge in [-0.15, -0.1) is 6.58 Å². The van der Waals surface area contributed by atoms with E-state index in [9.17, 15) is 9.59 Å². The molecular weight excluding hydrogens is 252 g/mol. The first-order valence-corrected chi connectivity index (χ1v) is 7.00. The highest BCUT2D eigenvalue weighted by atomic mass is 16.5. The Morgan fingerprint density at radius 1 is 1.35 bits per heavy atom. The molecule has 0 fully saturated rings. The zero-order chi connectivity index (χ0) is 15.2. The molecule has 1 rings (SSSR count). The smallest absolute Gasteiger partial charge is 0.311 e. The summed E-state index contributed by atoms with van der Waals surface area (Å²) >= 11 is 0. The number of esters is 1. The highest BCUT2D eigenvalue weighted by Crippen LogP contribution is 2.34. The molecule has 0 spiro atoms. The van der Waals surface area contributed by atoms with Crippen LogP contribution in [0.5, 0.6) is 0 Å². The Hall–Kier alpha value is -1.64. The molecule has 110 valence electrons. The van der Waals surface area contributed by atoms with Gasteiger partial charge in [0.15, 0.2) is 5.78 Å². The predicted octanol–water partition coefficient (Wildman–Crippen LogP) is 3.61. The molecule has 0 aliphatic heterocycles. The number of carbonyl (C=O) groups excluding carboxylic acids is 2. The van der Waals surface area contributed by atoms with Gasteiger partial charge in [0.1, 0.15) is 0 Å². The standard InChI is InChI=1S/C17H24O3/c1-5-9-17(11-7-14(18)8-12-17)10-6-13-20-15(19)16(2,3)4/h5,7-8,11-12H,1,6,9-10,13H2,2-4H3. The fourth-order valence-corrected chi connectivity index (χ4v) is 2.06. The minimum atomic E-state index is -0.462. The molecule has 0 amide bonds. The maximum atomic E-state index is 11.7. The van der Waals surface area contributed by atoms with Crippen LogP contribution in [-0.4, -0.2) is 18.4 Å². The Morgan fingerprint density at radius 2 is 1.95 bits per heavy atom. The Labute approximate surface area is 121 Å². The quantitative estimate of drug-likeness (QED) is 0.423. The van der Waals surface area contributed by atoms with Gasteiger partial charge in [-0.3, -0.25) is 9.59 Å². The van der Waals surface area contributed by atoms with E-state index in [1.165, 1.54) is 0 Å². The van der Waals surface area contributed by atoms with Crippen molar-refractivity contribution in [2.75, 3.05) is 6.61 Å². The van der Waals surface area contributed by atoms with Gasteiger partial charge in [0.05, 0.1) is 12.0 Å². The van der Waals surface area contributed by atoms with E-state index in [0.717, 1.165) is 19.3 Å². The summed E-state index contributed by atoms with van der Waals surface area (Å²) in [4.78, 5) is 22.9. The van der Waals surface area contributed by atoms with Crippen LogP contribution < -0.4 is 0 Å². The molecule has 0 radical (unpaired) electrons. The lowest BCUT2D eigenvalue weighted by Gasteiger charge is -2.28. The van der Waals surface area contributed by atoms with Gasteiger partial charge < -0.3 is 4.74 Å². The Bertz CT molecular complexity index is 420. The number of carbonyl (C=O) groups is 2. The molecule has 0 aromatic heterocycles. The maximum Gasteiger partial charge on any atom is 0.311 e. The lowest BCUT2D eigenvalue weighted by Crippen LogP contribution is -2.24. The highest BCUT2D eigenvalue weighted by Gasteiger charge is 2.26. The average Bonchev–Trinajstić information content (AvgIpc) is 2.37. The van der Waals surface area contributed by atoms with Gasteiger partial charge in [0.25, 0.3) is 0 Å². The highest BCUT2D eigenvalue weighted by molar-refractivity contribution is 6.00. The number of allylic oxidation sites excluding steroid dienone is 5. The largest absolute Gasteiger partial charge is 0.465 e. The monoisotopic (exact) mass is 276 g/mol. The average molecular weight is 276 g/mol. The molecule has 0 aromatic carbocycles. The maximum absolute atomic E-state index is 11.7. The first-order chi connectivity index (χ1) is 9.29. The third-order valence-corrected chi connectivity index (χ3v) is 3.32. The van der Waals surface area contributed by atoms with Crippen LogP contribution >= 0.6 is 0 Å². The first kappa shape index (κ1) is 16.4. The SMILES string of the molecule is C=CCC1(CCCOC(=O)C(C)(C)C)C=CC(=O)C=C1. The molecule has 1 aliphatic carbocycles. The minimum Gasteiger partial charge on any atom is -0.465 e. The summed E-state index contributed by atoms with van der Waals surface area (Å²) in [6.07, 6.45) is 11.3. The molecule has 0 unspecified atom stereocenters. The van der Waals surface area contributed by atoms with Crippen molar-refractivity contribution in [1.82, 2.24) is 0 Å². The van der Waals surface area contributed by atoms with Gasteiger partial charge in [0.2, 0.25) is 0 Å². The van der Waals surface area contributed by atoms with Crippen LogP contribution in [0.1, 0.15) is 40.0 Å². The van der Waals surface area contributed by atoms with Gasteiger partial charge in [0, 0.05) is 5.41 Å². The molecule has 3 nitrogen and oxygen atoms in total. The summed E-state index contributed by atoms with van der Waals surface area (Å²) in [5, 5.41) is 0. The Morgan fingerprint density at radius 3 is 2.45 bits per heavy atom. The van der Waals surface area contributed by atoms with E-state index < -0.39 is 5.41 Å². The van der Waals surface area contributed by atoms with Crippen LogP contribution in [0.4, 0.5) is 0 Å². The molecule has 1 aliphatic rings. The van der Waals surface area contributed by atoms with Crippen molar-refractivity contribution in [2.45, 2.75) is 40.0 Å². The summed E-state index contributed by atoms with van der Waals surface area (Å²) in [7, 11) is 0. The van der Waals surface area contributed by atoms with E-state index in [4.69, 9.17) is 4.74 Å². The van der Waals surface area contributed by atoms with Crippen LogP contribution in [-0.2, 0) is 14.3 Å². The molecule has 0 aromatic rings. The van der Waals surface area contributed by atoms with Crippen molar-refractivity contribution in [3.8, 4) is 0 Å².